The molecule has 2 fully saturated rings. The zero-order valence-electron chi connectivity index (χ0n) is 16.9. The van der Waals surface area contributed by atoms with Crippen molar-refractivity contribution in [3.63, 3.8) is 0 Å². The van der Waals surface area contributed by atoms with Crippen LogP contribution in [-0.4, -0.2) is 30.2 Å². The van der Waals surface area contributed by atoms with Crippen molar-refractivity contribution in [2.45, 2.75) is 58.8 Å². The van der Waals surface area contributed by atoms with Crippen LogP contribution in [0.5, 0.6) is 0 Å². The van der Waals surface area contributed by atoms with E-state index in [1.807, 2.05) is 4.68 Å². The Kier molecular flexibility index (Phi) is 4.29. The van der Waals surface area contributed by atoms with Crippen molar-refractivity contribution in [3.05, 3.63) is 41.3 Å². The molecule has 1 aromatic carbocycles. The van der Waals surface area contributed by atoms with Gasteiger partial charge in [0.15, 0.2) is 11.6 Å². The van der Waals surface area contributed by atoms with E-state index in [-0.39, 0.29) is 0 Å². The Labute approximate surface area is 165 Å². The Morgan fingerprint density at radius 3 is 2.79 bits per heavy atom. The highest BCUT2D eigenvalue weighted by Crippen LogP contribution is 2.49. The third kappa shape index (κ3) is 2.95. The highest BCUT2D eigenvalue weighted by Gasteiger charge is 2.40. The van der Waals surface area contributed by atoms with Crippen LogP contribution >= 0.6 is 0 Å². The fraction of sp³-hybridized carbons (Fsp3) is 0.545. The van der Waals surface area contributed by atoms with Crippen molar-refractivity contribution >= 4 is 0 Å². The summed E-state index contributed by atoms with van der Waals surface area (Å²) in [5, 5.41) is 16.0. The lowest BCUT2D eigenvalue weighted by molar-refractivity contribution is 0.326. The van der Waals surface area contributed by atoms with Gasteiger partial charge in [-0.3, -0.25) is 0 Å². The van der Waals surface area contributed by atoms with E-state index in [0.29, 0.717) is 5.92 Å². The van der Waals surface area contributed by atoms with E-state index in [0.717, 1.165) is 47.2 Å². The molecule has 3 unspecified atom stereocenters. The van der Waals surface area contributed by atoms with E-state index in [9.17, 15) is 0 Å². The third-order valence-corrected chi connectivity index (χ3v) is 6.73. The molecule has 2 bridgehead atoms. The Balaban J connectivity index is 1.58. The summed E-state index contributed by atoms with van der Waals surface area (Å²) in [6, 6.07) is 6.46. The summed E-state index contributed by atoms with van der Waals surface area (Å²) in [5.74, 6) is 4.67. The van der Waals surface area contributed by atoms with Crippen LogP contribution in [0.25, 0.3) is 17.2 Å². The SMILES string of the molecule is Cc1cccc(C(C)C)c1-n1nc(CC2CC3CCC2C3)nc1-c1cn[nH]n1. The number of hydrogen-bond acceptors (Lipinski definition) is 4. The van der Waals surface area contributed by atoms with Gasteiger partial charge in [-0.15, -0.1) is 0 Å². The second kappa shape index (κ2) is 6.83. The molecule has 28 heavy (non-hydrogen) atoms. The van der Waals surface area contributed by atoms with Gasteiger partial charge in [-0.05, 0) is 61.0 Å². The van der Waals surface area contributed by atoms with E-state index < -0.39 is 0 Å². The van der Waals surface area contributed by atoms with E-state index >= 15 is 0 Å². The molecule has 146 valence electrons. The van der Waals surface area contributed by atoms with E-state index in [2.05, 4.69) is 54.4 Å². The molecule has 0 amide bonds. The average Bonchev–Trinajstić information content (AvgIpc) is 3.45. The maximum absolute atomic E-state index is 5.01. The molecule has 1 N–H and O–H groups in total. The number of para-hydroxylation sites is 1. The van der Waals surface area contributed by atoms with Crippen LogP contribution in [0, 0.1) is 24.7 Å². The molecule has 3 atom stereocenters. The van der Waals surface area contributed by atoms with Gasteiger partial charge in [-0.1, -0.05) is 38.5 Å². The zero-order valence-corrected chi connectivity index (χ0v) is 16.9. The summed E-state index contributed by atoms with van der Waals surface area (Å²) in [4.78, 5) is 4.95. The second-order valence-corrected chi connectivity index (χ2v) is 8.93. The van der Waals surface area contributed by atoms with E-state index in [1.165, 1.54) is 36.8 Å². The van der Waals surface area contributed by atoms with Crippen molar-refractivity contribution in [3.8, 4) is 17.2 Å². The lowest BCUT2D eigenvalue weighted by atomic mass is 9.86. The van der Waals surface area contributed by atoms with Crippen molar-refractivity contribution in [2.24, 2.45) is 17.8 Å². The molecule has 2 heterocycles. The maximum atomic E-state index is 5.01. The van der Waals surface area contributed by atoms with E-state index in [4.69, 9.17) is 10.1 Å². The molecule has 2 aromatic heterocycles. The average molecular weight is 377 g/mol. The van der Waals surface area contributed by atoms with E-state index in [1.54, 1.807) is 6.20 Å². The fourth-order valence-corrected chi connectivity index (χ4v) is 5.37. The van der Waals surface area contributed by atoms with Crippen LogP contribution in [0.15, 0.2) is 24.4 Å². The first-order valence-corrected chi connectivity index (χ1v) is 10.5. The van der Waals surface area contributed by atoms with Crippen molar-refractivity contribution in [1.82, 2.24) is 30.2 Å². The van der Waals surface area contributed by atoms with Crippen molar-refractivity contribution < 1.29 is 0 Å². The predicted octanol–water partition coefficient (Wildman–Crippen LogP) is 4.46. The number of benzene rings is 1. The van der Waals surface area contributed by atoms with Crippen LogP contribution in [-0.2, 0) is 6.42 Å². The van der Waals surface area contributed by atoms with Crippen molar-refractivity contribution in [2.75, 3.05) is 0 Å². The molecule has 2 saturated carbocycles. The summed E-state index contributed by atoms with van der Waals surface area (Å²) >= 11 is 0. The van der Waals surface area contributed by atoms with Crippen LogP contribution < -0.4 is 0 Å². The molecule has 0 aliphatic heterocycles. The summed E-state index contributed by atoms with van der Waals surface area (Å²) < 4.78 is 2.01. The third-order valence-electron chi connectivity index (χ3n) is 6.73. The van der Waals surface area contributed by atoms with Crippen molar-refractivity contribution in [1.29, 1.82) is 0 Å². The van der Waals surface area contributed by atoms with Crippen LogP contribution in [0.2, 0.25) is 0 Å². The Bertz CT molecular complexity index is 971. The molecule has 3 aromatic rings. The smallest absolute Gasteiger partial charge is 0.185 e. The van der Waals surface area contributed by atoms with Gasteiger partial charge < -0.3 is 0 Å². The first-order valence-electron chi connectivity index (χ1n) is 10.5. The largest absolute Gasteiger partial charge is 0.211 e. The van der Waals surface area contributed by atoms with Gasteiger partial charge in [0.2, 0.25) is 0 Å². The fourth-order valence-electron chi connectivity index (χ4n) is 5.37. The molecular formula is C22H28N6. The summed E-state index contributed by atoms with van der Waals surface area (Å²) in [6.07, 6.45) is 8.28. The second-order valence-electron chi connectivity index (χ2n) is 8.93. The van der Waals surface area contributed by atoms with Gasteiger partial charge >= 0.3 is 0 Å². The molecule has 2 aliphatic carbocycles. The quantitative estimate of drug-likeness (QED) is 0.713. The van der Waals surface area contributed by atoms with Gasteiger partial charge in [0.05, 0.1) is 11.9 Å². The Morgan fingerprint density at radius 2 is 2.11 bits per heavy atom. The first kappa shape index (κ1) is 17.6. The normalized spacial score (nSPS) is 23.8. The predicted molar refractivity (Wildman–Crippen MR) is 108 cm³/mol. The minimum absolute atomic E-state index is 0.401. The zero-order chi connectivity index (χ0) is 19.3. The highest BCUT2D eigenvalue weighted by molar-refractivity contribution is 5.57. The van der Waals surface area contributed by atoms with Gasteiger partial charge in [0, 0.05) is 6.42 Å². The number of aromatic nitrogens is 6. The molecule has 2 aliphatic rings. The number of nitrogens with zero attached hydrogens (tertiary/aromatic N) is 5. The molecule has 6 heteroatoms. The minimum atomic E-state index is 0.401. The molecule has 6 nitrogen and oxygen atoms in total. The van der Waals surface area contributed by atoms with Gasteiger partial charge in [-0.25, -0.2) is 9.67 Å². The summed E-state index contributed by atoms with van der Waals surface area (Å²) in [6.45, 7) is 6.59. The van der Waals surface area contributed by atoms with Gasteiger partial charge in [0.25, 0.3) is 0 Å². The van der Waals surface area contributed by atoms with Crippen LogP contribution in [0.3, 0.4) is 0 Å². The number of H-pyrrole nitrogens is 1. The molecule has 0 spiro atoms. The standard InChI is InChI=1S/C22H28N6/c1-13(2)18-6-4-5-14(3)21(18)28-22(19-12-23-27-25-19)24-20(26-28)11-17-10-15-7-8-16(17)9-15/h4-6,12-13,15-17H,7-11H2,1-3H3,(H,23,25,27). The number of nitrogens with one attached hydrogen (secondary N) is 1. The molecular weight excluding hydrogens is 348 g/mol. The molecule has 0 saturated heterocycles. The number of fused-ring (bicyclic) bond motifs is 2. The lowest BCUT2D eigenvalue weighted by Crippen LogP contribution is -2.14. The Hall–Kier alpha value is -2.50. The number of aryl methyl sites for hydroxylation is 1. The summed E-state index contributed by atoms with van der Waals surface area (Å²) in [7, 11) is 0. The minimum Gasteiger partial charge on any atom is -0.211 e. The number of rotatable bonds is 5. The number of aromatic amines is 1. The summed E-state index contributed by atoms with van der Waals surface area (Å²) in [5.41, 5.74) is 4.35. The van der Waals surface area contributed by atoms with Crippen LogP contribution in [0.4, 0.5) is 0 Å². The Morgan fingerprint density at radius 1 is 1.21 bits per heavy atom. The maximum Gasteiger partial charge on any atom is 0.185 e. The highest BCUT2D eigenvalue weighted by atomic mass is 15.4. The lowest BCUT2D eigenvalue weighted by Gasteiger charge is -2.19. The molecule has 0 radical (unpaired) electrons. The van der Waals surface area contributed by atoms with Crippen LogP contribution in [0.1, 0.15) is 62.4 Å². The topological polar surface area (TPSA) is 72.3 Å². The molecule has 5 rings (SSSR count). The van der Waals surface area contributed by atoms with Gasteiger partial charge in [0.1, 0.15) is 5.69 Å². The number of hydrogen-bond donors (Lipinski definition) is 1. The monoisotopic (exact) mass is 376 g/mol. The van der Waals surface area contributed by atoms with Gasteiger partial charge in [-0.2, -0.15) is 20.5 Å². The first-order chi connectivity index (χ1) is 13.6.